The van der Waals surface area contributed by atoms with E-state index in [1.54, 1.807) is 7.11 Å². The zero-order valence-electron chi connectivity index (χ0n) is 27.6. The summed E-state index contributed by atoms with van der Waals surface area (Å²) in [5, 5.41) is 0.227. The molecule has 0 heterocycles. The molecule has 2 rings (SSSR count). The molecular formula is C31H58O4Si3. The molecule has 0 amide bonds. The topological polar surface area (TPSA) is 36.9 Å². The molecule has 0 saturated heterocycles. The van der Waals surface area contributed by atoms with Gasteiger partial charge in [0, 0.05) is 17.5 Å². The highest BCUT2D eigenvalue weighted by atomic mass is 28.4. The van der Waals surface area contributed by atoms with Crippen LogP contribution in [0.3, 0.4) is 0 Å². The molecule has 0 spiro atoms. The minimum Gasteiger partial charge on any atom is -0.545 e. The van der Waals surface area contributed by atoms with Gasteiger partial charge in [-0.1, -0.05) is 68.9 Å². The Hall–Kier alpha value is -1.03. The molecule has 1 aliphatic carbocycles. The van der Waals surface area contributed by atoms with Crippen molar-refractivity contribution < 1.29 is 18.0 Å². The van der Waals surface area contributed by atoms with Gasteiger partial charge in [0.05, 0.1) is 7.11 Å². The Morgan fingerprint density at radius 1 is 0.737 bits per heavy atom. The maximum atomic E-state index is 7.39. The Balaban J connectivity index is 2.72. The molecule has 0 saturated carbocycles. The average Bonchev–Trinajstić information content (AvgIpc) is 2.70. The van der Waals surface area contributed by atoms with Gasteiger partial charge >= 0.3 is 0 Å². The highest BCUT2D eigenvalue weighted by molar-refractivity contribution is 6.75. The number of methoxy groups -OCH3 is 1. The third kappa shape index (κ3) is 6.64. The van der Waals surface area contributed by atoms with E-state index in [1.165, 1.54) is 11.1 Å². The minimum atomic E-state index is -2.17. The molecule has 218 valence electrons. The van der Waals surface area contributed by atoms with Crippen LogP contribution < -0.4 is 9.16 Å². The molecule has 0 unspecified atom stereocenters. The van der Waals surface area contributed by atoms with Crippen molar-refractivity contribution in [1.82, 2.24) is 0 Å². The van der Waals surface area contributed by atoms with Crippen molar-refractivity contribution in [3.8, 4) is 11.5 Å². The van der Waals surface area contributed by atoms with Crippen LogP contribution in [0.1, 0.15) is 79.9 Å². The van der Waals surface area contributed by atoms with Crippen LogP contribution in [0.15, 0.2) is 24.5 Å². The van der Waals surface area contributed by atoms with Gasteiger partial charge in [-0.25, -0.2) is 0 Å². The molecule has 1 aromatic rings. The SMILES string of the molecule is C=C(O[Si](C)(C)C(C)(C)C)[C@@]1(O[Si](C)(C)C(C)(C)C)CCc2c(OC)ccc(O[Si](C)(C)C(C)(C)C)c2C1. The van der Waals surface area contributed by atoms with Crippen LogP contribution in [0.4, 0.5) is 0 Å². The lowest BCUT2D eigenvalue weighted by Crippen LogP contribution is -2.55. The molecule has 0 aliphatic heterocycles. The maximum Gasteiger partial charge on any atom is 0.250 e. The fourth-order valence-electron chi connectivity index (χ4n) is 4.11. The summed E-state index contributed by atoms with van der Waals surface area (Å²) in [6, 6.07) is 4.18. The van der Waals surface area contributed by atoms with Crippen molar-refractivity contribution in [2.45, 2.75) is 142 Å². The van der Waals surface area contributed by atoms with E-state index >= 15 is 0 Å². The molecule has 1 aliphatic rings. The largest absolute Gasteiger partial charge is 0.545 e. The van der Waals surface area contributed by atoms with Crippen molar-refractivity contribution in [3.63, 3.8) is 0 Å². The van der Waals surface area contributed by atoms with Gasteiger partial charge in [0.1, 0.15) is 22.9 Å². The predicted molar refractivity (Wildman–Crippen MR) is 171 cm³/mol. The number of benzene rings is 1. The van der Waals surface area contributed by atoms with E-state index in [4.69, 9.17) is 18.0 Å². The van der Waals surface area contributed by atoms with Gasteiger partial charge in [0.25, 0.3) is 0 Å². The summed E-state index contributed by atoms with van der Waals surface area (Å²) in [4.78, 5) is 0. The van der Waals surface area contributed by atoms with E-state index in [0.717, 1.165) is 30.1 Å². The van der Waals surface area contributed by atoms with Gasteiger partial charge in [-0.2, -0.15) is 0 Å². The summed E-state index contributed by atoms with van der Waals surface area (Å²) < 4.78 is 27.2. The van der Waals surface area contributed by atoms with Gasteiger partial charge in [-0.05, 0) is 79.4 Å². The number of hydrogen-bond acceptors (Lipinski definition) is 4. The van der Waals surface area contributed by atoms with Gasteiger partial charge in [-0.3, -0.25) is 0 Å². The van der Waals surface area contributed by atoms with Gasteiger partial charge in [-0.15, -0.1) is 0 Å². The molecular weight excluding hydrogens is 521 g/mol. The quantitative estimate of drug-likeness (QED) is 0.227. The van der Waals surface area contributed by atoms with E-state index in [1.807, 2.05) is 0 Å². The lowest BCUT2D eigenvalue weighted by atomic mass is 9.79. The molecule has 0 aromatic heterocycles. The second-order valence-electron chi connectivity index (χ2n) is 15.9. The summed E-state index contributed by atoms with van der Waals surface area (Å²) in [6.07, 6.45) is 2.34. The standard InChI is InChI=1S/C31H58O4Si3/c1-23(33-36(12,13)28(2,3)4)31(35-38(16,17)30(8,9)10)21-20-24-25(22-31)27(19-18-26(24)32-11)34-37(14,15)29(5,6)7/h18-19H,1,20-22H2,2-17H3/t31-/m1/s1. The van der Waals surface area contributed by atoms with Crippen molar-refractivity contribution in [3.05, 3.63) is 35.6 Å². The first-order chi connectivity index (χ1) is 16.8. The molecule has 38 heavy (non-hydrogen) atoms. The fourth-order valence-corrected chi connectivity index (χ4v) is 7.84. The molecule has 0 bridgehead atoms. The predicted octanol–water partition coefficient (Wildman–Crippen LogP) is 9.86. The normalized spacial score (nSPS) is 19.6. The Labute approximate surface area is 238 Å². The monoisotopic (exact) mass is 578 g/mol. The Morgan fingerprint density at radius 3 is 1.66 bits per heavy atom. The van der Waals surface area contributed by atoms with Crippen molar-refractivity contribution in [2.75, 3.05) is 7.11 Å². The molecule has 7 heteroatoms. The summed E-state index contributed by atoms with van der Waals surface area (Å²) in [7, 11) is -4.60. The van der Waals surface area contributed by atoms with Gasteiger partial charge in [0.2, 0.25) is 16.6 Å². The fraction of sp³-hybridized carbons (Fsp3) is 0.742. The lowest BCUT2D eigenvalue weighted by Gasteiger charge is -2.50. The summed E-state index contributed by atoms with van der Waals surface area (Å²) in [6.45, 7) is 39.1. The van der Waals surface area contributed by atoms with E-state index in [-0.39, 0.29) is 15.1 Å². The molecule has 1 aromatic carbocycles. The van der Waals surface area contributed by atoms with Gasteiger partial charge in [0.15, 0.2) is 8.32 Å². The first kappa shape index (κ1) is 33.2. The Kier molecular flexibility index (Phi) is 9.10. The van der Waals surface area contributed by atoms with Crippen LogP contribution in [0, 0.1) is 0 Å². The summed E-state index contributed by atoms with van der Waals surface area (Å²) in [5.74, 6) is 2.69. The zero-order chi connectivity index (χ0) is 29.8. The minimum absolute atomic E-state index is 0.0619. The van der Waals surface area contributed by atoms with E-state index < -0.39 is 30.6 Å². The summed E-state index contributed by atoms with van der Waals surface area (Å²) >= 11 is 0. The van der Waals surface area contributed by atoms with Crippen LogP contribution in [-0.4, -0.2) is 37.7 Å². The molecule has 0 radical (unpaired) electrons. The third-order valence-electron chi connectivity index (χ3n) is 9.93. The molecule has 0 N–H and O–H groups in total. The number of hydrogen-bond donors (Lipinski definition) is 0. The Bertz CT molecular complexity index is 1020. The molecule has 4 nitrogen and oxygen atoms in total. The van der Waals surface area contributed by atoms with Crippen LogP contribution in [-0.2, 0) is 21.7 Å². The first-order valence-corrected chi connectivity index (χ1v) is 23.0. The van der Waals surface area contributed by atoms with Crippen molar-refractivity contribution in [1.29, 1.82) is 0 Å². The highest BCUT2D eigenvalue weighted by Gasteiger charge is 2.51. The second-order valence-corrected chi connectivity index (χ2v) is 30.1. The first-order valence-electron chi connectivity index (χ1n) is 14.3. The van der Waals surface area contributed by atoms with E-state index in [0.29, 0.717) is 6.42 Å². The van der Waals surface area contributed by atoms with Crippen LogP contribution in [0.25, 0.3) is 0 Å². The summed E-state index contributed by atoms with van der Waals surface area (Å²) in [5.41, 5.74) is 1.82. The lowest BCUT2D eigenvalue weighted by molar-refractivity contribution is 0.0369. The third-order valence-corrected chi connectivity index (χ3v) is 23.2. The van der Waals surface area contributed by atoms with Crippen molar-refractivity contribution >= 4 is 25.0 Å². The maximum absolute atomic E-state index is 7.39. The van der Waals surface area contributed by atoms with Crippen LogP contribution in [0.2, 0.25) is 54.4 Å². The Morgan fingerprint density at radius 2 is 1.21 bits per heavy atom. The second kappa shape index (κ2) is 10.4. The van der Waals surface area contributed by atoms with Crippen LogP contribution in [0.5, 0.6) is 11.5 Å². The number of fused-ring (bicyclic) bond motifs is 1. The number of ether oxygens (including phenoxy) is 1. The van der Waals surface area contributed by atoms with Crippen molar-refractivity contribution in [2.24, 2.45) is 0 Å². The average molecular weight is 579 g/mol. The number of rotatable bonds is 8. The molecule has 0 fully saturated rings. The zero-order valence-corrected chi connectivity index (χ0v) is 30.6. The van der Waals surface area contributed by atoms with E-state index in [2.05, 4.69) is 120 Å². The van der Waals surface area contributed by atoms with Crippen LogP contribution >= 0.6 is 0 Å². The molecule has 1 atom stereocenters. The highest BCUT2D eigenvalue weighted by Crippen LogP contribution is 2.51. The van der Waals surface area contributed by atoms with E-state index in [9.17, 15) is 0 Å². The van der Waals surface area contributed by atoms with Gasteiger partial charge < -0.3 is 18.0 Å². The smallest absolute Gasteiger partial charge is 0.250 e.